The van der Waals surface area contributed by atoms with Gasteiger partial charge in [0.15, 0.2) is 0 Å². The third-order valence-electron chi connectivity index (χ3n) is 5.09. The molecule has 2 aromatic carbocycles. The van der Waals surface area contributed by atoms with Gasteiger partial charge in [0.25, 0.3) is 5.91 Å². The zero-order valence-corrected chi connectivity index (χ0v) is 15.6. The van der Waals surface area contributed by atoms with Crippen LogP contribution in [0.25, 0.3) is 11.0 Å². The fourth-order valence-corrected chi connectivity index (χ4v) is 3.51. The van der Waals surface area contributed by atoms with Gasteiger partial charge in [-0.25, -0.2) is 9.37 Å². The molecule has 4 nitrogen and oxygen atoms in total. The van der Waals surface area contributed by atoms with E-state index in [1.807, 2.05) is 25.1 Å². The predicted molar refractivity (Wildman–Crippen MR) is 104 cm³/mol. The average Bonchev–Trinajstić information content (AvgIpc) is 3.43. The molecule has 0 atom stereocenters. The van der Waals surface area contributed by atoms with E-state index >= 15 is 0 Å². The molecule has 1 aliphatic carbocycles. The van der Waals surface area contributed by atoms with Crippen LogP contribution in [0.3, 0.4) is 0 Å². The fraction of sp³-hybridized carbons (Fsp3) is 0.364. The topological polar surface area (TPSA) is 38.1 Å². The van der Waals surface area contributed by atoms with Crippen molar-refractivity contribution in [1.82, 2.24) is 14.5 Å². The molecule has 27 heavy (non-hydrogen) atoms. The zero-order chi connectivity index (χ0) is 18.8. The first-order chi connectivity index (χ1) is 13.2. The van der Waals surface area contributed by atoms with E-state index in [9.17, 15) is 9.18 Å². The molecule has 1 fully saturated rings. The van der Waals surface area contributed by atoms with E-state index in [1.54, 1.807) is 23.1 Å². The van der Waals surface area contributed by atoms with Gasteiger partial charge in [-0.05, 0) is 49.4 Å². The van der Waals surface area contributed by atoms with Crippen LogP contribution in [0, 0.1) is 11.7 Å². The van der Waals surface area contributed by atoms with E-state index in [-0.39, 0.29) is 11.5 Å². The van der Waals surface area contributed by atoms with Crippen molar-refractivity contribution in [3.63, 3.8) is 0 Å². The highest BCUT2D eigenvalue weighted by atomic mass is 19.1. The van der Waals surface area contributed by atoms with Gasteiger partial charge in [0.2, 0.25) is 0 Å². The summed E-state index contributed by atoms with van der Waals surface area (Å²) in [7, 11) is 0. The highest BCUT2D eigenvalue weighted by Gasteiger charge is 2.26. The van der Waals surface area contributed by atoms with E-state index in [0.29, 0.717) is 19.0 Å². The highest BCUT2D eigenvalue weighted by molar-refractivity contribution is 5.94. The molecule has 1 amide bonds. The number of imidazole rings is 1. The smallest absolute Gasteiger partial charge is 0.257 e. The fourth-order valence-electron chi connectivity index (χ4n) is 3.51. The molecule has 1 aliphatic rings. The third kappa shape index (κ3) is 3.72. The molecular formula is C22H24FN3O. The SMILES string of the molecule is CCCN(Cc1nc2ccccc2n1CC1CC1)C(=O)c1ccccc1F. The first-order valence-electron chi connectivity index (χ1n) is 9.65. The second-order valence-electron chi connectivity index (χ2n) is 7.28. The van der Waals surface area contributed by atoms with Gasteiger partial charge >= 0.3 is 0 Å². The van der Waals surface area contributed by atoms with Crippen molar-refractivity contribution in [3.05, 3.63) is 65.7 Å². The van der Waals surface area contributed by atoms with Crippen LogP contribution < -0.4 is 0 Å². The maximum absolute atomic E-state index is 14.1. The zero-order valence-electron chi connectivity index (χ0n) is 15.6. The Morgan fingerprint density at radius 3 is 2.67 bits per heavy atom. The van der Waals surface area contributed by atoms with Crippen molar-refractivity contribution in [2.75, 3.05) is 6.54 Å². The van der Waals surface area contributed by atoms with E-state index in [0.717, 1.165) is 29.8 Å². The van der Waals surface area contributed by atoms with Gasteiger partial charge in [0.05, 0.1) is 23.1 Å². The van der Waals surface area contributed by atoms with Crippen LogP contribution in [0.4, 0.5) is 4.39 Å². The first-order valence-corrected chi connectivity index (χ1v) is 9.65. The number of hydrogen-bond acceptors (Lipinski definition) is 2. The third-order valence-corrected chi connectivity index (χ3v) is 5.09. The van der Waals surface area contributed by atoms with Crippen LogP contribution in [-0.2, 0) is 13.1 Å². The van der Waals surface area contributed by atoms with Crippen molar-refractivity contribution in [2.45, 2.75) is 39.3 Å². The van der Waals surface area contributed by atoms with Gasteiger partial charge in [0, 0.05) is 13.1 Å². The Morgan fingerprint density at radius 1 is 1.19 bits per heavy atom. The molecule has 0 radical (unpaired) electrons. The quantitative estimate of drug-likeness (QED) is 0.612. The summed E-state index contributed by atoms with van der Waals surface area (Å²) in [4.78, 5) is 19.5. The van der Waals surface area contributed by atoms with Crippen LogP contribution in [-0.4, -0.2) is 26.9 Å². The maximum atomic E-state index is 14.1. The lowest BCUT2D eigenvalue weighted by molar-refractivity contribution is 0.0732. The van der Waals surface area contributed by atoms with E-state index in [1.165, 1.54) is 18.9 Å². The number of benzene rings is 2. The Balaban J connectivity index is 1.67. The number of para-hydroxylation sites is 2. The van der Waals surface area contributed by atoms with Gasteiger partial charge in [-0.2, -0.15) is 0 Å². The summed E-state index contributed by atoms with van der Waals surface area (Å²) >= 11 is 0. The monoisotopic (exact) mass is 365 g/mol. The molecule has 0 unspecified atom stereocenters. The summed E-state index contributed by atoms with van der Waals surface area (Å²) < 4.78 is 16.4. The number of aromatic nitrogens is 2. The summed E-state index contributed by atoms with van der Waals surface area (Å²) in [5.41, 5.74) is 2.17. The molecule has 1 saturated carbocycles. The van der Waals surface area contributed by atoms with Gasteiger partial charge in [-0.1, -0.05) is 31.2 Å². The molecule has 0 bridgehead atoms. The molecular weight excluding hydrogens is 341 g/mol. The molecule has 3 aromatic rings. The van der Waals surface area contributed by atoms with Crippen molar-refractivity contribution in [1.29, 1.82) is 0 Å². The Bertz CT molecular complexity index is 961. The number of rotatable bonds is 7. The summed E-state index contributed by atoms with van der Waals surface area (Å²) in [6, 6.07) is 14.3. The van der Waals surface area contributed by atoms with Crippen molar-refractivity contribution < 1.29 is 9.18 Å². The van der Waals surface area contributed by atoms with Crippen LogP contribution in [0.2, 0.25) is 0 Å². The second-order valence-corrected chi connectivity index (χ2v) is 7.28. The van der Waals surface area contributed by atoms with Crippen LogP contribution in [0.15, 0.2) is 48.5 Å². The standard InChI is InChI=1S/C22H24FN3O/c1-2-13-25(22(27)17-7-3-4-8-18(17)23)15-21-24-19-9-5-6-10-20(19)26(21)14-16-11-12-16/h3-10,16H,2,11-15H2,1H3. The van der Waals surface area contributed by atoms with E-state index < -0.39 is 5.82 Å². The number of carbonyl (C=O) groups is 1. The van der Waals surface area contributed by atoms with Gasteiger partial charge in [0.1, 0.15) is 11.6 Å². The minimum atomic E-state index is -0.477. The Labute approximate surface area is 158 Å². The summed E-state index contributed by atoms with van der Waals surface area (Å²) in [5.74, 6) is 0.819. The molecule has 4 rings (SSSR count). The number of amides is 1. The lowest BCUT2D eigenvalue weighted by atomic mass is 10.2. The molecule has 1 heterocycles. The molecule has 1 aromatic heterocycles. The summed E-state index contributed by atoms with van der Waals surface area (Å²) in [6.45, 7) is 3.92. The number of hydrogen-bond donors (Lipinski definition) is 0. The molecule has 0 saturated heterocycles. The maximum Gasteiger partial charge on any atom is 0.257 e. The average molecular weight is 365 g/mol. The number of fused-ring (bicyclic) bond motifs is 1. The number of carbonyl (C=O) groups excluding carboxylic acids is 1. The lowest BCUT2D eigenvalue weighted by Crippen LogP contribution is -2.33. The van der Waals surface area contributed by atoms with Crippen LogP contribution in [0.5, 0.6) is 0 Å². The lowest BCUT2D eigenvalue weighted by Gasteiger charge is -2.23. The molecule has 0 aliphatic heterocycles. The number of nitrogens with zero attached hydrogens (tertiary/aromatic N) is 3. The minimum absolute atomic E-state index is 0.121. The summed E-state index contributed by atoms with van der Waals surface area (Å²) in [6.07, 6.45) is 3.31. The second kappa shape index (κ2) is 7.51. The van der Waals surface area contributed by atoms with E-state index in [2.05, 4.69) is 10.6 Å². The van der Waals surface area contributed by atoms with Crippen LogP contribution >= 0.6 is 0 Å². The molecule has 0 spiro atoms. The van der Waals surface area contributed by atoms with Crippen molar-refractivity contribution in [3.8, 4) is 0 Å². The Morgan fingerprint density at radius 2 is 1.93 bits per heavy atom. The largest absolute Gasteiger partial charge is 0.331 e. The molecule has 140 valence electrons. The molecule has 5 heteroatoms. The Hall–Kier alpha value is -2.69. The Kier molecular flexibility index (Phi) is 4.92. The van der Waals surface area contributed by atoms with Gasteiger partial charge < -0.3 is 9.47 Å². The van der Waals surface area contributed by atoms with Crippen LogP contribution in [0.1, 0.15) is 42.4 Å². The van der Waals surface area contributed by atoms with Gasteiger partial charge in [-0.15, -0.1) is 0 Å². The first kappa shape index (κ1) is 17.7. The normalized spacial score (nSPS) is 13.9. The van der Waals surface area contributed by atoms with E-state index in [4.69, 9.17) is 4.98 Å². The highest BCUT2D eigenvalue weighted by Crippen LogP contribution is 2.32. The van der Waals surface area contributed by atoms with Crippen molar-refractivity contribution in [2.24, 2.45) is 5.92 Å². The van der Waals surface area contributed by atoms with Crippen molar-refractivity contribution >= 4 is 16.9 Å². The number of halogens is 1. The predicted octanol–water partition coefficient (Wildman–Crippen LogP) is 4.64. The summed E-state index contributed by atoms with van der Waals surface area (Å²) in [5, 5.41) is 0. The molecule has 0 N–H and O–H groups in total. The minimum Gasteiger partial charge on any atom is -0.331 e. The van der Waals surface area contributed by atoms with Gasteiger partial charge in [-0.3, -0.25) is 4.79 Å².